The molecule has 1 saturated heterocycles. The minimum absolute atomic E-state index is 0.153. The quantitative estimate of drug-likeness (QED) is 0.767. The van der Waals surface area contributed by atoms with E-state index in [2.05, 4.69) is 23.8 Å². The van der Waals surface area contributed by atoms with Crippen LogP contribution in [0.25, 0.3) is 0 Å². The average Bonchev–Trinajstić information content (AvgIpc) is 2.92. The van der Waals surface area contributed by atoms with Crippen molar-refractivity contribution >= 4 is 11.9 Å². The molecule has 7 nitrogen and oxygen atoms in total. The Morgan fingerprint density at radius 3 is 2.77 bits per heavy atom. The number of piperidine rings is 1. The number of likely N-dealkylation sites (tertiary alicyclic amines) is 1. The van der Waals surface area contributed by atoms with Crippen molar-refractivity contribution in [1.82, 2.24) is 19.6 Å². The molecule has 1 fully saturated rings. The van der Waals surface area contributed by atoms with Crippen LogP contribution < -0.4 is 0 Å². The van der Waals surface area contributed by atoms with Gasteiger partial charge in [-0.3, -0.25) is 14.4 Å². The van der Waals surface area contributed by atoms with Gasteiger partial charge in [-0.2, -0.15) is 5.10 Å². The van der Waals surface area contributed by atoms with E-state index in [1.165, 1.54) is 0 Å². The number of hydrogen-bond acceptors (Lipinski definition) is 5. The van der Waals surface area contributed by atoms with Gasteiger partial charge in [0.15, 0.2) is 5.69 Å². The summed E-state index contributed by atoms with van der Waals surface area (Å²) in [7, 11) is 0. The first kappa shape index (κ1) is 18.9. The maximum Gasteiger partial charge on any atom is 0.328 e. The summed E-state index contributed by atoms with van der Waals surface area (Å²) in [6, 6.07) is 1.88. The van der Waals surface area contributed by atoms with Crippen molar-refractivity contribution in [3.05, 3.63) is 17.5 Å². The Morgan fingerprint density at radius 2 is 2.04 bits per heavy atom. The van der Waals surface area contributed by atoms with Gasteiger partial charge in [0.25, 0.3) is 5.91 Å². The van der Waals surface area contributed by atoms with Crippen LogP contribution >= 0.6 is 0 Å². The molecule has 7 heteroatoms. The fraction of sp³-hybridized carbons (Fsp3) is 0.737. The van der Waals surface area contributed by atoms with Gasteiger partial charge in [-0.25, -0.2) is 4.79 Å². The largest absolute Gasteiger partial charge is 0.464 e. The highest BCUT2D eigenvalue weighted by Gasteiger charge is 2.35. The third-order valence-electron chi connectivity index (χ3n) is 5.32. The third kappa shape index (κ3) is 3.92. The van der Waals surface area contributed by atoms with Crippen LogP contribution in [-0.2, 0) is 22.6 Å². The number of aromatic nitrogens is 2. The molecule has 0 aliphatic carbocycles. The monoisotopic (exact) mass is 362 g/mol. The first-order valence-corrected chi connectivity index (χ1v) is 9.79. The fourth-order valence-electron chi connectivity index (χ4n) is 3.84. The normalized spacial score (nSPS) is 21.4. The molecule has 3 rings (SSSR count). The molecule has 2 aliphatic rings. The molecule has 0 N–H and O–H groups in total. The van der Waals surface area contributed by atoms with Crippen molar-refractivity contribution in [3.8, 4) is 0 Å². The molecule has 0 saturated carbocycles. The van der Waals surface area contributed by atoms with Crippen LogP contribution in [-0.4, -0.2) is 63.2 Å². The van der Waals surface area contributed by atoms with Gasteiger partial charge in [0.1, 0.15) is 6.04 Å². The van der Waals surface area contributed by atoms with Gasteiger partial charge in [-0.15, -0.1) is 0 Å². The van der Waals surface area contributed by atoms with E-state index < -0.39 is 6.04 Å². The molecule has 1 atom stereocenters. The molecular weight excluding hydrogens is 332 g/mol. The average molecular weight is 362 g/mol. The highest BCUT2D eigenvalue weighted by Crippen LogP contribution is 2.22. The van der Waals surface area contributed by atoms with Gasteiger partial charge in [0, 0.05) is 32.2 Å². The van der Waals surface area contributed by atoms with Gasteiger partial charge < -0.3 is 9.64 Å². The van der Waals surface area contributed by atoms with E-state index in [1.54, 1.807) is 11.8 Å². The molecule has 0 spiro atoms. The van der Waals surface area contributed by atoms with Crippen molar-refractivity contribution < 1.29 is 14.3 Å². The van der Waals surface area contributed by atoms with E-state index in [1.807, 2.05) is 10.7 Å². The van der Waals surface area contributed by atoms with Gasteiger partial charge in [-0.1, -0.05) is 0 Å². The van der Waals surface area contributed by atoms with Crippen LogP contribution in [0.4, 0.5) is 0 Å². The summed E-state index contributed by atoms with van der Waals surface area (Å²) in [6.07, 6.45) is 3.54. The predicted octanol–water partition coefficient (Wildman–Crippen LogP) is 2.05. The second-order valence-electron chi connectivity index (χ2n) is 7.42. The lowest BCUT2D eigenvalue weighted by Gasteiger charge is -2.33. The maximum absolute atomic E-state index is 13.1. The molecule has 0 aromatic carbocycles. The van der Waals surface area contributed by atoms with Crippen molar-refractivity contribution in [1.29, 1.82) is 0 Å². The number of esters is 1. The number of rotatable bonds is 4. The van der Waals surface area contributed by atoms with Gasteiger partial charge in [-0.05, 0) is 52.5 Å². The van der Waals surface area contributed by atoms with E-state index in [9.17, 15) is 9.59 Å². The van der Waals surface area contributed by atoms with Crippen LogP contribution in [0.3, 0.4) is 0 Å². The lowest BCUT2D eigenvalue weighted by molar-refractivity contribution is -0.149. The summed E-state index contributed by atoms with van der Waals surface area (Å²) in [5.41, 5.74) is 1.52. The number of carbonyl (C=O) groups is 2. The number of fused-ring (bicyclic) bond motifs is 1. The summed E-state index contributed by atoms with van der Waals surface area (Å²) < 4.78 is 7.13. The summed E-state index contributed by atoms with van der Waals surface area (Å²) in [5.74, 6) is -0.452. The number of nitrogens with zero attached hydrogens (tertiary/aromatic N) is 4. The molecule has 144 valence electrons. The van der Waals surface area contributed by atoms with Crippen molar-refractivity contribution in [3.63, 3.8) is 0 Å². The SMILES string of the molecule is CCOC(=O)C1CCCCN1C(=O)c1cc2n(n1)CCCN(C(C)C)C2. The summed E-state index contributed by atoms with van der Waals surface area (Å²) in [5, 5.41) is 4.57. The molecule has 1 amide bonds. The molecule has 1 aromatic rings. The molecule has 0 radical (unpaired) electrons. The standard InChI is InChI=1S/C19H30N4O3/c1-4-26-19(25)17-8-5-6-10-22(17)18(24)16-12-15-13-21(14(2)3)9-7-11-23(15)20-16/h12,14,17H,4-11,13H2,1-3H3. The van der Waals surface area contributed by atoms with E-state index in [0.717, 1.165) is 44.6 Å². The number of amides is 1. The Morgan fingerprint density at radius 1 is 1.23 bits per heavy atom. The van der Waals surface area contributed by atoms with Crippen LogP contribution in [0.2, 0.25) is 0 Å². The van der Waals surface area contributed by atoms with Crippen molar-refractivity contribution in [2.75, 3.05) is 19.7 Å². The van der Waals surface area contributed by atoms with Crippen molar-refractivity contribution in [2.45, 2.75) is 71.6 Å². The molecule has 0 bridgehead atoms. The number of hydrogen-bond donors (Lipinski definition) is 0. The highest BCUT2D eigenvalue weighted by atomic mass is 16.5. The topological polar surface area (TPSA) is 67.7 Å². The number of ether oxygens (including phenoxy) is 1. The zero-order valence-electron chi connectivity index (χ0n) is 16.1. The Hall–Kier alpha value is -1.89. The zero-order valence-corrected chi connectivity index (χ0v) is 16.1. The molecule has 3 heterocycles. The maximum atomic E-state index is 13.1. The number of aryl methyl sites for hydroxylation is 1. The Kier molecular flexibility index (Phi) is 5.96. The molecular formula is C19H30N4O3. The second kappa shape index (κ2) is 8.20. The molecule has 1 aromatic heterocycles. The van der Waals surface area contributed by atoms with Crippen molar-refractivity contribution in [2.24, 2.45) is 0 Å². The van der Waals surface area contributed by atoms with Gasteiger partial charge in [0.05, 0.1) is 12.3 Å². The predicted molar refractivity (Wildman–Crippen MR) is 97.7 cm³/mol. The molecule has 26 heavy (non-hydrogen) atoms. The Labute approximate surface area is 155 Å². The Bertz CT molecular complexity index is 655. The number of carbonyl (C=O) groups excluding carboxylic acids is 2. The smallest absolute Gasteiger partial charge is 0.328 e. The minimum atomic E-state index is -0.482. The summed E-state index contributed by atoms with van der Waals surface area (Å²) in [6.45, 7) is 9.77. The lowest BCUT2D eigenvalue weighted by Crippen LogP contribution is -2.48. The summed E-state index contributed by atoms with van der Waals surface area (Å²) >= 11 is 0. The fourth-order valence-corrected chi connectivity index (χ4v) is 3.84. The highest BCUT2D eigenvalue weighted by molar-refractivity contribution is 5.95. The minimum Gasteiger partial charge on any atom is -0.464 e. The Balaban J connectivity index is 1.79. The second-order valence-corrected chi connectivity index (χ2v) is 7.42. The lowest BCUT2D eigenvalue weighted by atomic mass is 10.0. The third-order valence-corrected chi connectivity index (χ3v) is 5.32. The van der Waals surface area contributed by atoms with Crippen LogP contribution in [0.1, 0.15) is 62.6 Å². The molecule has 2 aliphatic heterocycles. The zero-order chi connectivity index (χ0) is 18.7. The van der Waals surface area contributed by atoms with Crippen LogP contribution in [0, 0.1) is 0 Å². The van der Waals surface area contributed by atoms with E-state index in [-0.39, 0.29) is 11.9 Å². The van der Waals surface area contributed by atoms with E-state index in [0.29, 0.717) is 31.3 Å². The van der Waals surface area contributed by atoms with E-state index >= 15 is 0 Å². The first-order valence-electron chi connectivity index (χ1n) is 9.79. The van der Waals surface area contributed by atoms with Crippen LogP contribution in [0.15, 0.2) is 6.07 Å². The summed E-state index contributed by atoms with van der Waals surface area (Å²) in [4.78, 5) is 29.4. The first-order chi connectivity index (χ1) is 12.5. The van der Waals surface area contributed by atoms with Crippen LogP contribution in [0.5, 0.6) is 0 Å². The van der Waals surface area contributed by atoms with E-state index in [4.69, 9.17) is 4.74 Å². The molecule has 1 unspecified atom stereocenters. The van der Waals surface area contributed by atoms with Gasteiger partial charge in [0.2, 0.25) is 0 Å². The van der Waals surface area contributed by atoms with Gasteiger partial charge >= 0.3 is 5.97 Å².